The van der Waals surface area contributed by atoms with Gasteiger partial charge in [-0.1, -0.05) is 5.92 Å². The molecule has 10 heavy (non-hydrogen) atoms. The van der Waals surface area contributed by atoms with E-state index in [0.717, 1.165) is 13.0 Å². The van der Waals surface area contributed by atoms with Crippen molar-refractivity contribution >= 4 is 12.4 Å². The summed E-state index contributed by atoms with van der Waals surface area (Å²) in [5.74, 6) is 2.82. The summed E-state index contributed by atoms with van der Waals surface area (Å²) in [4.78, 5) is 2.24. The van der Waals surface area contributed by atoms with Gasteiger partial charge in [0.05, 0.1) is 5.54 Å². The van der Waals surface area contributed by atoms with Gasteiger partial charge in [-0.2, -0.15) is 0 Å². The molecule has 1 fully saturated rings. The molecule has 0 radical (unpaired) electrons. The average molecular weight is 160 g/mol. The van der Waals surface area contributed by atoms with E-state index in [1.807, 2.05) is 0 Å². The maximum atomic E-state index is 5.37. The van der Waals surface area contributed by atoms with E-state index < -0.39 is 0 Å². The molecular formula is C8H14ClN. The van der Waals surface area contributed by atoms with Gasteiger partial charge in [-0.3, -0.25) is 4.90 Å². The molecule has 0 bridgehead atoms. The first-order valence-corrected chi connectivity index (χ1v) is 3.38. The third kappa shape index (κ3) is 1.45. The van der Waals surface area contributed by atoms with Crippen molar-refractivity contribution in [2.45, 2.75) is 25.3 Å². The normalized spacial score (nSPS) is 32.9. The van der Waals surface area contributed by atoms with Gasteiger partial charge in [-0.05, 0) is 33.4 Å². The summed E-state index contributed by atoms with van der Waals surface area (Å²) >= 11 is 0. The van der Waals surface area contributed by atoms with Crippen molar-refractivity contribution in [2.75, 3.05) is 13.6 Å². The molecule has 1 nitrogen and oxygen atoms in total. The first-order chi connectivity index (χ1) is 4.19. The monoisotopic (exact) mass is 159 g/mol. The molecule has 58 valence electrons. The van der Waals surface area contributed by atoms with Gasteiger partial charge >= 0.3 is 0 Å². The van der Waals surface area contributed by atoms with E-state index in [0.29, 0.717) is 0 Å². The quantitative estimate of drug-likeness (QED) is 0.485. The molecule has 1 heterocycles. The highest BCUT2D eigenvalue weighted by molar-refractivity contribution is 5.85. The third-order valence-electron chi connectivity index (χ3n) is 2.31. The zero-order valence-corrected chi connectivity index (χ0v) is 7.37. The van der Waals surface area contributed by atoms with Crippen molar-refractivity contribution in [1.82, 2.24) is 4.90 Å². The maximum Gasteiger partial charge on any atom is 0.0792 e. The lowest BCUT2D eigenvalue weighted by Crippen LogP contribution is -2.36. The molecule has 1 atom stereocenters. The van der Waals surface area contributed by atoms with Crippen LogP contribution in [0, 0.1) is 12.3 Å². The van der Waals surface area contributed by atoms with Crippen LogP contribution in [-0.4, -0.2) is 24.0 Å². The van der Waals surface area contributed by atoms with Gasteiger partial charge in [0.2, 0.25) is 0 Å². The Labute approximate surface area is 69.2 Å². The first kappa shape index (κ1) is 9.81. The van der Waals surface area contributed by atoms with Gasteiger partial charge in [0.25, 0.3) is 0 Å². The molecule has 0 aromatic heterocycles. The molecule has 0 aliphatic carbocycles. The summed E-state index contributed by atoms with van der Waals surface area (Å²) in [6, 6.07) is 0. The van der Waals surface area contributed by atoms with Gasteiger partial charge in [0.15, 0.2) is 0 Å². The second-order valence-electron chi connectivity index (χ2n) is 2.94. The fourth-order valence-corrected chi connectivity index (χ4v) is 1.28. The van der Waals surface area contributed by atoms with E-state index in [1.165, 1.54) is 6.42 Å². The summed E-state index contributed by atoms with van der Waals surface area (Å²) in [6.07, 6.45) is 7.77. The molecule has 1 aliphatic rings. The SMILES string of the molecule is C#C[C@]1(C)CCCN1C.Cl. The summed E-state index contributed by atoms with van der Waals surface area (Å²) in [6.45, 7) is 3.28. The average Bonchev–Trinajstić information content (AvgIpc) is 2.15. The Hall–Kier alpha value is -0.190. The second kappa shape index (κ2) is 3.27. The van der Waals surface area contributed by atoms with E-state index in [1.54, 1.807) is 0 Å². The van der Waals surface area contributed by atoms with Gasteiger partial charge in [-0.15, -0.1) is 18.8 Å². The van der Waals surface area contributed by atoms with Gasteiger partial charge < -0.3 is 0 Å². The summed E-state index contributed by atoms with van der Waals surface area (Å²) < 4.78 is 0. The van der Waals surface area contributed by atoms with Crippen molar-refractivity contribution in [2.24, 2.45) is 0 Å². The predicted molar refractivity (Wildman–Crippen MR) is 46.4 cm³/mol. The lowest BCUT2D eigenvalue weighted by Gasteiger charge is -2.25. The first-order valence-electron chi connectivity index (χ1n) is 3.38. The van der Waals surface area contributed by atoms with Crippen LogP contribution < -0.4 is 0 Å². The van der Waals surface area contributed by atoms with Crippen molar-refractivity contribution in [3.63, 3.8) is 0 Å². The highest BCUT2D eigenvalue weighted by Gasteiger charge is 2.31. The number of nitrogens with zero attached hydrogens (tertiary/aromatic N) is 1. The molecule has 0 aromatic carbocycles. The van der Waals surface area contributed by atoms with Crippen LogP contribution in [0.5, 0.6) is 0 Å². The van der Waals surface area contributed by atoms with Crippen LogP contribution in [0.4, 0.5) is 0 Å². The zero-order valence-electron chi connectivity index (χ0n) is 6.55. The lowest BCUT2D eigenvalue weighted by molar-refractivity contribution is 0.262. The molecule has 1 aliphatic heterocycles. The Balaban J connectivity index is 0.000000810. The number of rotatable bonds is 0. The topological polar surface area (TPSA) is 3.24 Å². The van der Waals surface area contributed by atoms with Crippen LogP contribution in [0.15, 0.2) is 0 Å². The highest BCUT2D eigenvalue weighted by atomic mass is 35.5. The number of hydrogen-bond acceptors (Lipinski definition) is 1. The molecule has 1 rings (SSSR count). The standard InChI is InChI=1S/C8H13N.ClH/c1-4-8(2)6-5-7-9(8)3;/h1H,5-7H2,2-3H3;1H/t8-;/m1./s1. The van der Waals surface area contributed by atoms with Crippen LogP contribution in [-0.2, 0) is 0 Å². The number of hydrogen-bond donors (Lipinski definition) is 0. The van der Waals surface area contributed by atoms with Gasteiger partial charge in [0, 0.05) is 0 Å². The number of terminal acetylenes is 1. The van der Waals surface area contributed by atoms with Crippen LogP contribution in [0.2, 0.25) is 0 Å². The van der Waals surface area contributed by atoms with E-state index >= 15 is 0 Å². The molecule has 0 spiro atoms. The fourth-order valence-electron chi connectivity index (χ4n) is 1.28. The number of halogens is 1. The Morgan fingerprint density at radius 1 is 1.60 bits per heavy atom. The van der Waals surface area contributed by atoms with E-state index in [2.05, 4.69) is 24.8 Å². The minimum absolute atomic E-state index is 0. The lowest BCUT2D eigenvalue weighted by atomic mass is 10.0. The third-order valence-corrected chi connectivity index (χ3v) is 2.31. The molecule has 0 amide bonds. The molecule has 0 unspecified atom stereocenters. The van der Waals surface area contributed by atoms with Crippen LogP contribution in [0.1, 0.15) is 19.8 Å². The Bertz CT molecular complexity index is 150. The molecule has 2 heteroatoms. The van der Waals surface area contributed by atoms with E-state index in [9.17, 15) is 0 Å². The van der Waals surface area contributed by atoms with E-state index in [4.69, 9.17) is 6.42 Å². The van der Waals surface area contributed by atoms with Crippen LogP contribution >= 0.6 is 12.4 Å². The summed E-state index contributed by atoms with van der Waals surface area (Å²) in [5.41, 5.74) is 0.0556. The Morgan fingerprint density at radius 3 is 2.40 bits per heavy atom. The largest absolute Gasteiger partial charge is 0.291 e. The highest BCUT2D eigenvalue weighted by Crippen LogP contribution is 2.25. The van der Waals surface area contributed by atoms with Crippen LogP contribution in [0.25, 0.3) is 0 Å². The summed E-state index contributed by atoms with van der Waals surface area (Å²) in [5, 5.41) is 0. The predicted octanol–water partition coefficient (Wildman–Crippen LogP) is 1.53. The van der Waals surface area contributed by atoms with Gasteiger partial charge in [0.1, 0.15) is 0 Å². The Kier molecular flexibility index (Phi) is 3.21. The Morgan fingerprint density at radius 2 is 2.20 bits per heavy atom. The van der Waals surface area contributed by atoms with E-state index in [-0.39, 0.29) is 17.9 Å². The maximum absolute atomic E-state index is 5.37. The number of likely N-dealkylation sites (tertiary alicyclic amines) is 1. The molecule has 0 aromatic rings. The van der Waals surface area contributed by atoms with Crippen molar-refractivity contribution < 1.29 is 0 Å². The van der Waals surface area contributed by atoms with Crippen LogP contribution in [0.3, 0.4) is 0 Å². The van der Waals surface area contributed by atoms with Crippen molar-refractivity contribution in [3.05, 3.63) is 0 Å². The minimum atomic E-state index is 0. The van der Waals surface area contributed by atoms with Crippen molar-refractivity contribution in [3.8, 4) is 12.3 Å². The fraction of sp³-hybridized carbons (Fsp3) is 0.750. The summed E-state index contributed by atoms with van der Waals surface area (Å²) in [7, 11) is 2.09. The van der Waals surface area contributed by atoms with Gasteiger partial charge in [-0.25, -0.2) is 0 Å². The van der Waals surface area contributed by atoms with Crippen molar-refractivity contribution in [1.29, 1.82) is 0 Å². The second-order valence-corrected chi connectivity index (χ2v) is 2.94. The molecule has 0 saturated carbocycles. The molecule has 0 N–H and O–H groups in total. The smallest absolute Gasteiger partial charge is 0.0792 e. The molecular weight excluding hydrogens is 146 g/mol. The molecule has 1 saturated heterocycles. The minimum Gasteiger partial charge on any atom is -0.291 e. The zero-order chi connectivity index (χ0) is 6.91.